The molecule has 0 spiro atoms. The summed E-state index contributed by atoms with van der Waals surface area (Å²) in [6.45, 7) is 1.86. The molecule has 100 valence electrons. The first kappa shape index (κ1) is 14.5. The zero-order valence-corrected chi connectivity index (χ0v) is 9.99. The van der Waals surface area contributed by atoms with Crippen molar-refractivity contribution in [3.63, 3.8) is 0 Å². The number of rotatable bonds is 6. The fourth-order valence-electron chi connectivity index (χ4n) is 1.52. The van der Waals surface area contributed by atoms with Gasteiger partial charge in [0.15, 0.2) is 11.6 Å². The number of nitrogens with two attached hydrogens (primary N) is 1. The summed E-state index contributed by atoms with van der Waals surface area (Å²) in [6.07, 6.45) is -0.833. The highest BCUT2D eigenvalue weighted by atomic mass is 19.2. The third-order valence-electron chi connectivity index (χ3n) is 2.50. The van der Waals surface area contributed by atoms with Gasteiger partial charge in [-0.15, -0.1) is 0 Å². The largest absolute Gasteiger partial charge is 0.387 e. The van der Waals surface area contributed by atoms with Gasteiger partial charge in [-0.05, 0) is 24.6 Å². The van der Waals surface area contributed by atoms with Gasteiger partial charge in [-0.3, -0.25) is 4.79 Å². The summed E-state index contributed by atoms with van der Waals surface area (Å²) in [5.74, 6) is -2.41. The second kappa shape index (κ2) is 6.42. The maximum Gasteiger partial charge on any atom is 0.218 e. The van der Waals surface area contributed by atoms with E-state index in [0.29, 0.717) is 0 Å². The van der Waals surface area contributed by atoms with Crippen LogP contribution in [-0.4, -0.2) is 23.6 Å². The molecule has 2 atom stereocenters. The van der Waals surface area contributed by atoms with Crippen LogP contribution in [-0.2, 0) is 4.79 Å². The zero-order valence-electron chi connectivity index (χ0n) is 9.99. The minimum Gasteiger partial charge on any atom is -0.387 e. The Kier molecular flexibility index (Phi) is 5.18. The van der Waals surface area contributed by atoms with Crippen LogP contribution >= 0.6 is 0 Å². The van der Waals surface area contributed by atoms with E-state index >= 15 is 0 Å². The molecule has 0 radical (unpaired) electrons. The SMILES string of the molecule is CC(CC(N)=O)NCC(O)c1ccc(F)c(F)c1. The van der Waals surface area contributed by atoms with Crippen molar-refractivity contribution < 1.29 is 18.7 Å². The Labute approximate surface area is 104 Å². The van der Waals surface area contributed by atoms with Crippen LogP contribution in [0.2, 0.25) is 0 Å². The number of benzene rings is 1. The Bertz CT molecular complexity index is 427. The van der Waals surface area contributed by atoms with E-state index in [9.17, 15) is 18.7 Å². The summed E-state index contributed by atoms with van der Waals surface area (Å²) in [7, 11) is 0. The highest BCUT2D eigenvalue weighted by Gasteiger charge is 2.12. The van der Waals surface area contributed by atoms with Crippen LogP contribution in [0.4, 0.5) is 8.78 Å². The molecule has 4 N–H and O–H groups in total. The molecule has 2 unspecified atom stereocenters. The molecule has 0 aliphatic rings. The molecule has 6 heteroatoms. The van der Waals surface area contributed by atoms with Crippen LogP contribution in [0.5, 0.6) is 0 Å². The van der Waals surface area contributed by atoms with E-state index in [1.54, 1.807) is 6.92 Å². The fraction of sp³-hybridized carbons (Fsp3) is 0.417. The first-order valence-corrected chi connectivity index (χ1v) is 5.55. The van der Waals surface area contributed by atoms with Gasteiger partial charge >= 0.3 is 0 Å². The summed E-state index contributed by atoms with van der Waals surface area (Å²) in [4.78, 5) is 10.6. The Morgan fingerprint density at radius 3 is 2.67 bits per heavy atom. The highest BCUT2D eigenvalue weighted by Crippen LogP contribution is 2.15. The maximum atomic E-state index is 12.9. The molecular formula is C12H16F2N2O2. The van der Waals surface area contributed by atoms with E-state index in [1.807, 2.05) is 0 Å². The smallest absolute Gasteiger partial charge is 0.218 e. The predicted octanol–water partition coefficient (Wildman–Crippen LogP) is 0.852. The van der Waals surface area contributed by atoms with Gasteiger partial charge in [0.05, 0.1) is 6.10 Å². The molecule has 0 heterocycles. The van der Waals surface area contributed by atoms with Crippen LogP contribution in [0.3, 0.4) is 0 Å². The summed E-state index contributed by atoms with van der Waals surface area (Å²) in [6, 6.07) is 3.02. The first-order chi connectivity index (χ1) is 8.40. The van der Waals surface area contributed by atoms with Crippen molar-refractivity contribution in [1.29, 1.82) is 0 Å². The summed E-state index contributed by atoms with van der Waals surface area (Å²) < 4.78 is 25.6. The van der Waals surface area contributed by atoms with Gasteiger partial charge in [0, 0.05) is 19.0 Å². The molecule has 0 aliphatic heterocycles. The van der Waals surface area contributed by atoms with E-state index in [4.69, 9.17) is 5.73 Å². The van der Waals surface area contributed by atoms with Crippen molar-refractivity contribution in [2.45, 2.75) is 25.5 Å². The van der Waals surface area contributed by atoms with Crippen molar-refractivity contribution in [2.75, 3.05) is 6.54 Å². The van der Waals surface area contributed by atoms with Crippen molar-refractivity contribution in [3.05, 3.63) is 35.4 Å². The molecule has 0 saturated carbocycles. The lowest BCUT2D eigenvalue weighted by Gasteiger charge is -2.16. The third kappa shape index (κ3) is 4.38. The van der Waals surface area contributed by atoms with Gasteiger partial charge in [-0.2, -0.15) is 0 Å². The molecule has 0 saturated heterocycles. The molecule has 1 aromatic rings. The second-order valence-corrected chi connectivity index (χ2v) is 4.17. The first-order valence-electron chi connectivity index (χ1n) is 5.55. The van der Waals surface area contributed by atoms with Gasteiger partial charge in [0.1, 0.15) is 0 Å². The van der Waals surface area contributed by atoms with E-state index in [2.05, 4.69) is 5.32 Å². The Morgan fingerprint density at radius 2 is 2.11 bits per heavy atom. The van der Waals surface area contributed by atoms with Gasteiger partial charge in [-0.25, -0.2) is 8.78 Å². The van der Waals surface area contributed by atoms with Gasteiger partial charge in [0.25, 0.3) is 0 Å². The van der Waals surface area contributed by atoms with Crippen molar-refractivity contribution in [3.8, 4) is 0 Å². The summed E-state index contributed by atoms with van der Waals surface area (Å²) >= 11 is 0. The minimum atomic E-state index is -1.00. The minimum absolute atomic E-state index is 0.125. The number of halogens is 2. The Balaban J connectivity index is 2.52. The normalized spacial score (nSPS) is 14.2. The average Bonchev–Trinajstić information content (AvgIpc) is 2.28. The lowest BCUT2D eigenvalue weighted by Crippen LogP contribution is -2.33. The number of carbonyl (C=O) groups excluding carboxylic acids is 1. The molecule has 0 aliphatic carbocycles. The molecule has 0 fully saturated rings. The lowest BCUT2D eigenvalue weighted by molar-refractivity contribution is -0.118. The molecule has 18 heavy (non-hydrogen) atoms. The highest BCUT2D eigenvalue weighted by molar-refractivity contribution is 5.74. The standard InChI is InChI=1S/C12H16F2N2O2/c1-7(4-12(15)18)16-6-11(17)8-2-3-9(13)10(14)5-8/h2-3,5,7,11,16-17H,4,6H2,1H3,(H2,15,18). The van der Waals surface area contributed by atoms with Crippen LogP contribution in [0, 0.1) is 11.6 Å². The van der Waals surface area contributed by atoms with Gasteiger partial charge in [0.2, 0.25) is 5.91 Å². The average molecular weight is 258 g/mol. The number of primary amides is 1. The number of aliphatic hydroxyl groups is 1. The molecule has 1 amide bonds. The Hall–Kier alpha value is -1.53. The van der Waals surface area contributed by atoms with Crippen LogP contribution in [0.25, 0.3) is 0 Å². The molecular weight excluding hydrogens is 242 g/mol. The van der Waals surface area contributed by atoms with Crippen LogP contribution in [0.15, 0.2) is 18.2 Å². The third-order valence-corrected chi connectivity index (χ3v) is 2.50. The monoisotopic (exact) mass is 258 g/mol. The summed E-state index contributed by atoms with van der Waals surface area (Å²) in [5.41, 5.74) is 5.29. The van der Waals surface area contributed by atoms with Crippen molar-refractivity contribution in [2.24, 2.45) is 5.73 Å². The van der Waals surface area contributed by atoms with Crippen LogP contribution in [0.1, 0.15) is 25.0 Å². The van der Waals surface area contributed by atoms with Gasteiger partial charge in [-0.1, -0.05) is 6.07 Å². The topological polar surface area (TPSA) is 75.4 Å². The summed E-state index contributed by atoms with van der Waals surface area (Å²) in [5, 5.41) is 12.6. The maximum absolute atomic E-state index is 12.9. The van der Waals surface area contributed by atoms with E-state index in [0.717, 1.165) is 12.1 Å². The number of amides is 1. The van der Waals surface area contributed by atoms with E-state index in [1.165, 1.54) is 6.07 Å². The number of nitrogens with one attached hydrogen (secondary N) is 1. The van der Waals surface area contributed by atoms with Gasteiger partial charge < -0.3 is 16.2 Å². The molecule has 0 aromatic heterocycles. The van der Waals surface area contributed by atoms with Crippen molar-refractivity contribution >= 4 is 5.91 Å². The fourth-order valence-corrected chi connectivity index (χ4v) is 1.52. The van der Waals surface area contributed by atoms with Crippen molar-refractivity contribution in [1.82, 2.24) is 5.32 Å². The lowest BCUT2D eigenvalue weighted by atomic mass is 10.1. The quantitative estimate of drug-likeness (QED) is 0.708. The number of hydrogen-bond donors (Lipinski definition) is 3. The van der Waals surface area contributed by atoms with Crippen LogP contribution < -0.4 is 11.1 Å². The zero-order chi connectivity index (χ0) is 13.7. The van der Waals surface area contributed by atoms with E-state index in [-0.39, 0.29) is 24.6 Å². The molecule has 4 nitrogen and oxygen atoms in total. The molecule has 1 aromatic carbocycles. The van der Waals surface area contributed by atoms with E-state index < -0.39 is 23.6 Å². The molecule has 0 bridgehead atoms. The Morgan fingerprint density at radius 1 is 1.44 bits per heavy atom. The molecule has 1 rings (SSSR count). The number of aliphatic hydroxyl groups excluding tert-OH is 1. The second-order valence-electron chi connectivity index (χ2n) is 4.17. The predicted molar refractivity (Wildman–Crippen MR) is 62.6 cm³/mol. The number of hydrogen-bond acceptors (Lipinski definition) is 3. The number of carbonyl (C=O) groups is 1.